The molecule has 0 radical (unpaired) electrons. The van der Waals surface area contributed by atoms with Gasteiger partial charge in [0.15, 0.2) is 0 Å². The van der Waals surface area contributed by atoms with Crippen molar-refractivity contribution in [3.8, 4) is 23.7 Å². The van der Waals surface area contributed by atoms with E-state index >= 15 is 0 Å². The van der Waals surface area contributed by atoms with Crippen molar-refractivity contribution in [3.05, 3.63) is 12.2 Å². The summed E-state index contributed by atoms with van der Waals surface area (Å²) in [5.41, 5.74) is 0. The molecule has 0 aliphatic heterocycles. The van der Waals surface area contributed by atoms with Gasteiger partial charge in [0, 0.05) is 11.8 Å². The fraction of sp³-hybridized carbons (Fsp3) is 0.739. The first kappa shape index (κ1) is 18.2. The highest BCUT2D eigenvalue weighted by molar-refractivity contribution is 5.26. The third-order valence-corrected chi connectivity index (χ3v) is 5.79. The first-order valence-corrected chi connectivity index (χ1v) is 9.98. The average molecular weight is 311 g/mol. The Bertz CT molecular complexity index is 460. The van der Waals surface area contributed by atoms with Gasteiger partial charge in [-0.15, -0.1) is 0 Å². The minimum absolute atomic E-state index is 0.629. The molecular formula is C23H34. The summed E-state index contributed by atoms with van der Waals surface area (Å²) in [4.78, 5) is 0. The van der Waals surface area contributed by atoms with E-state index in [2.05, 4.69) is 37.5 Å². The van der Waals surface area contributed by atoms with Crippen molar-refractivity contribution in [2.24, 2.45) is 23.7 Å². The Morgan fingerprint density at radius 1 is 0.696 bits per heavy atom. The maximum atomic E-state index is 3.43. The molecule has 0 amide bonds. The maximum absolute atomic E-state index is 3.43. The highest BCUT2D eigenvalue weighted by Crippen LogP contribution is 2.31. The molecule has 2 saturated carbocycles. The van der Waals surface area contributed by atoms with Gasteiger partial charge in [0.05, 0.1) is 0 Å². The molecule has 0 unspecified atom stereocenters. The normalized spacial score (nSPS) is 31.0. The molecule has 0 aromatic rings. The summed E-state index contributed by atoms with van der Waals surface area (Å²) in [6, 6.07) is 0. The monoisotopic (exact) mass is 310 g/mol. The van der Waals surface area contributed by atoms with Crippen LogP contribution in [-0.2, 0) is 0 Å². The Morgan fingerprint density at radius 3 is 1.61 bits per heavy atom. The topological polar surface area (TPSA) is 0 Å². The standard InChI is InChI=1S/C23H34/c1-3-9-21-16-18-23(19-17-21)11-8-6-5-7-10-22-14-12-20(4-2)13-15-22/h5-6,20-23H,3-4,9,12-19H2,1-2H3/b6-5+. The largest absolute Gasteiger partial charge is 0.0951 e. The van der Waals surface area contributed by atoms with Crippen LogP contribution in [0.15, 0.2) is 12.2 Å². The van der Waals surface area contributed by atoms with E-state index in [1.165, 1.54) is 70.6 Å². The third-order valence-electron chi connectivity index (χ3n) is 5.79. The molecule has 0 heterocycles. The van der Waals surface area contributed by atoms with Crippen LogP contribution in [0.4, 0.5) is 0 Å². The van der Waals surface area contributed by atoms with E-state index in [0.717, 1.165) is 11.8 Å². The maximum Gasteiger partial charge on any atom is 0.0206 e. The quantitative estimate of drug-likeness (QED) is 0.531. The van der Waals surface area contributed by atoms with Crippen molar-refractivity contribution < 1.29 is 0 Å². The smallest absolute Gasteiger partial charge is 0.0206 e. The van der Waals surface area contributed by atoms with E-state index in [1.807, 2.05) is 12.2 Å². The second-order valence-corrected chi connectivity index (χ2v) is 7.54. The predicted octanol–water partition coefficient (Wildman–Crippen LogP) is 6.37. The van der Waals surface area contributed by atoms with Crippen molar-refractivity contribution in [1.29, 1.82) is 0 Å². The first-order valence-electron chi connectivity index (χ1n) is 9.98. The Balaban J connectivity index is 1.65. The van der Waals surface area contributed by atoms with Crippen LogP contribution < -0.4 is 0 Å². The number of hydrogen-bond donors (Lipinski definition) is 0. The lowest BCUT2D eigenvalue weighted by Crippen LogP contribution is -2.12. The molecule has 0 aromatic carbocycles. The molecule has 0 saturated heterocycles. The lowest BCUT2D eigenvalue weighted by atomic mass is 9.80. The van der Waals surface area contributed by atoms with Gasteiger partial charge in [-0.1, -0.05) is 56.8 Å². The molecule has 2 rings (SSSR count). The number of allylic oxidation sites excluding steroid dienone is 2. The van der Waals surface area contributed by atoms with Gasteiger partial charge in [-0.3, -0.25) is 0 Å². The molecule has 0 spiro atoms. The molecule has 23 heavy (non-hydrogen) atoms. The van der Waals surface area contributed by atoms with Gasteiger partial charge in [-0.25, -0.2) is 0 Å². The van der Waals surface area contributed by atoms with E-state index in [1.54, 1.807) is 0 Å². The molecule has 0 heteroatoms. The van der Waals surface area contributed by atoms with Crippen molar-refractivity contribution in [2.45, 2.75) is 84.5 Å². The van der Waals surface area contributed by atoms with Gasteiger partial charge >= 0.3 is 0 Å². The second-order valence-electron chi connectivity index (χ2n) is 7.54. The Hall–Kier alpha value is -1.14. The van der Waals surface area contributed by atoms with E-state index in [4.69, 9.17) is 0 Å². The highest BCUT2D eigenvalue weighted by atomic mass is 14.2. The van der Waals surface area contributed by atoms with Crippen LogP contribution >= 0.6 is 0 Å². The summed E-state index contributed by atoms with van der Waals surface area (Å²) < 4.78 is 0. The molecular weight excluding hydrogens is 276 g/mol. The molecule has 2 aliphatic rings. The minimum atomic E-state index is 0.629. The Labute approximate surface area is 144 Å². The van der Waals surface area contributed by atoms with Crippen LogP contribution in [0.1, 0.15) is 84.5 Å². The summed E-state index contributed by atoms with van der Waals surface area (Å²) in [7, 11) is 0. The second kappa shape index (κ2) is 10.6. The summed E-state index contributed by atoms with van der Waals surface area (Å²) in [5, 5.41) is 0. The average Bonchev–Trinajstić information content (AvgIpc) is 2.60. The molecule has 0 aromatic heterocycles. The lowest BCUT2D eigenvalue weighted by Gasteiger charge is -2.25. The third kappa shape index (κ3) is 6.87. The van der Waals surface area contributed by atoms with Gasteiger partial charge in [0.1, 0.15) is 0 Å². The van der Waals surface area contributed by atoms with Crippen LogP contribution in [0.25, 0.3) is 0 Å². The zero-order valence-electron chi connectivity index (χ0n) is 15.2. The van der Waals surface area contributed by atoms with Crippen LogP contribution in [0, 0.1) is 47.4 Å². The Kier molecular flexibility index (Phi) is 8.39. The number of rotatable bonds is 3. The zero-order chi connectivity index (χ0) is 16.3. The molecule has 0 bridgehead atoms. The fourth-order valence-electron chi connectivity index (χ4n) is 4.13. The summed E-state index contributed by atoms with van der Waals surface area (Å²) in [6.45, 7) is 4.61. The van der Waals surface area contributed by atoms with Crippen molar-refractivity contribution in [3.63, 3.8) is 0 Å². The number of hydrogen-bond acceptors (Lipinski definition) is 0. The first-order chi connectivity index (χ1) is 11.3. The van der Waals surface area contributed by atoms with Gasteiger partial charge < -0.3 is 0 Å². The summed E-state index contributed by atoms with van der Waals surface area (Å²) >= 11 is 0. The Morgan fingerprint density at radius 2 is 1.17 bits per heavy atom. The van der Waals surface area contributed by atoms with Gasteiger partial charge in [-0.2, -0.15) is 0 Å². The summed E-state index contributed by atoms with van der Waals surface area (Å²) in [6.07, 6.45) is 18.7. The van der Waals surface area contributed by atoms with Crippen molar-refractivity contribution >= 4 is 0 Å². The van der Waals surface area contributed by atoms with Gasteiger partial charge in [-0.05, 0) is 75.4 Å². The lowest BCUT2D eigenvalue weighted by molar-refractivity contribution is 0.300. The molecule has 2 fully saturated rings. The van der Waals surface area contributed by atoms with Crippen LogP contribution in [0.5, 0.6) is 0 Å². The fourth-order valence-corrected chi connectivity index (χ4v) is 4.13. The van der Waals surface area contributed by atoms with E-state index in [-0.39, 0.29) is 0 Å². The van der Waals surface area contributed by atoms with Crippen LogP contribution in [-0.4, -0.2) is 0 Å². The van der Waals surface area contributed by atoms with Crippen molar-refractivity contribution in [2.75, 3.05) is 0 Å². The minimum Gasteiger partial charge on any atom is -0.0951 e. The van der Waals surface area contributed by atoms with E-state index < -0.39 is 0 Å². The zero-order valence-corrected chi connectivity index (χ0v) is 15.2. The van der Waals surface area contributed by atoms with Crippen molar-refractivity contribution in [1.82, 2.24) is 0 Å². The predicted molar refractivity (Wildman–Crippen MR) is 101 cm³/mol. The summed E-state index contributed by atoms with van der Waals surface area (Å²) in [5.74, 6) is 16.5. The van der Waals surface area contributed by atoms with E-state index in [9.17, 15) is 0 Å². The van der Waals surface area contributed by atoms with Gasteiger partial charge in [0.25, 0.3) is 0 Å². The molecule has 126 valence electrons. The van der Waals surface area contributed by atoms with E-state index in [0.29, 0.717) is 11.8 Å². The molecule has 0 atom stereocenters. The molecule has 0 N–H and O–H groups in total. The van der Waals surface area contributed by atoms with Crippen LogP contribution in [0.2, 0.25) is 0 Å². The molecule has 2 aliphatic carbocycles. The SMILES string of the molecule is CCCC1CCC(C#C/C=C/C#CC2CCC(CC)CC2)CC1. The molecule has 0 nitrogen and oxygen atoms in total. The van der Waals surface area contributed by atoms with Gasteiger partial charge in [0.2, 0.25) is 0 Å². The highest BCUT2D eigenvalue weighted by Gasteiger charge is 2.19. The van der Waals surface area contributed by atoms with Crippen LogP contribution in [0.3, 0.4) is 0 Å².